The molecule has 0 aromatic heterocycles. The van der Waals surface area contributed by atoms with Gasteiger partial charge in [0.05, 0.1) is 11.1 Å². The molecule has 94 valence electrons. The fraction of sp³-hybridized carbons (Fsp3) is 0.500. The molecule has 1 aromatic carbocycles. The highest BCUT2D eigenvalue weighted by Crippen LogP contribution is 2.22. The summed E-state index contributed by atoms with van der Waals surface area (Å²) in [6.45, 7) is 3.77. The van der Waals surface area contributed by atoms with Crippen molar-refractivity contribution in [3.8, 4) is 0 Å². The Labute approximate surface area is 102 Å². The number of nitrogen functional groups attached to an aromatic ring is 1. The van der Waals surface area contributed by atoms with Gasteiger partial charge >= 0.3 is 5.97 Å². The quantitative estimate of drug-likeness (QED) is 0.489. The summed E-state index contributed by atoms with van der Waals surface area (Å²) in [5.74, 6) is -0.908. The number of carboxylic acid groups (broad SMARTS) is 1. The summed E-state index contributed by atoms with van der Waals surface area (Å²) in [5.41, 5.74) is 4.10. The van der Waals surface area contributed by atoms with Gasteiger partial charge in [0.1, 0.15) is 11.4 Å². The predicted molar refractivity (Wildman–Crippen MR) is 68.1 cm³/mol. The number of rotatable bonds is 6. The van der Waals surface area contributed by atoms with Crippen LogP contribution in [0.4, 0.5) is 11.4 Å². The predicted octanol–water partition coefficient (Wildman–Crippen LogP) is 0.0766. The first-order valence-electron chi connectivity index (χ1n) is 5.03. The second-order valence-electron chi connectivity index (χ2n) is 3.96. The Kier molecular flexibility index (Phi) is 4.17. The standard InChI is InChI=1S/C10H14N2O4S/c1-4(2)10(17-3-5(13)14)12-7-6(11)8(15)9(7)16/h4,10,12H,3,11H2,1-2H3,(H,13,14). The van der Waals surface area contributed by atoms with E-state index in [0.29, 0.717) is 0 Å². The fourth-order valence-electron chi connectivity index (χ4n) is 1.26. The molecule has 17 heavy (non-hydrogen) atoms. The number of carboxylic acids is 1. The third-order valence-electron chi connectivity index (χ3n) is 2.23. The van der Waals surface area contributed by atoms with E-state index in [9.17, 15) is 14.4 Å². The first-order chi connectivity index (χ1) is 7.84. The minimum atomic E-state index is -0.930. The summed E-state index contributed by atoms with van der Waals surface area (Å²) in [7, 11) is 0. The molecular formula is C10H14N2O4S. The molecule has 1 atom stereocenters. The minimum absolute atomic E-state index is 0.0726. The van der Waals surface area contributed by atoms with E-state index in [2.05, 4.69) is 5.32 Å². The molecule has 6 nitrogen and oxygen atoms in total. The van der Waals surface area contributed by atoms with Crippen molar-refractivity contribution >= 4 is 29.1 Å². The average Bonchev–Trinajstić information content (AvgIpc) is 2.26. The summed E-state index contributed by atoms with van der Waals surface area (Å²) >= 11 is 1.16. The van der Waals surface area contributed by atoms with Crippen LogP contribution >= 0.6 is 11.8 Å². The molecule has 0 saturated heterocycles. The molecule has 0 bridgehead atoms. The Morgan fingerprint density at radius 2 is 2.00 bits per heavy atom. The molecule has 7 heteroatoms. The third-order valence-corrected chi connectivity index (χ3v) is 3.66. The molecule has 0 aliphatic carbocycles. The van der Waals surface area contributed by atoms with Crippen LogP contribution in [0.5, 0.6) is 0 Å². The Bertz CT molecular complexity index is 491. The highest BCUT2D eigenvalue weighted by atomic mass is 32.2. The normalized spacial score (nSPS) is 12.9. The van der Waals surface area contributed by atoms with Crippen molar-refractivity contribution in [1.29, 1.82) is 0 Å². The van der Waals surface area contributed by atoms with E-state index in [1.54, 1.807) is 0 Å². The molecule has 0 heterocycles. The van der Waals surface area contributed by atoms with Crippen LogP contribution < -0.4 is 21.9 Å². The van der Waals surface area contributed by atoms with E-state index in [1.165, 1.54) is 0 Å². The second kappa shape index (κ2) is 5.22. The van der Waals surface area contributed by atoms with Crippen molar-refractivity contribution in [2.75, 3.05) is 16.8 Å². The molecule has 1 rings (SSSR count). The molecule has 0 saturated carbocycles. The number of aliphatic carboxylic acids is 1. The van der Waals surface area contributed by atoms with Gasteiger partial charge in [-0.05, 0) is 5.92 Å². The van der Waals surface area contributed by atoms with Crippen molar-refractivity contribution in [3.63, 3.8) is 0 Å². The fourth-order valence-corrected chi connectivity index (χ4v) is 2.16. The van der Waals surface area contributed by atoms with Crippen LogP contribution in [-0.2, 0) is 4.79 Å². The van der Waals surface area contributed by atoms with Crippen molar-refractivity contribution in [2.45, 2.75) is 19.2 Å². The SMILES string of the molecule is CC(C)C(Nc1c(N)c(=O)c1=O)SCC(=O)O. The van der Waals surface area contributed by atoms with Gasteiger partial charge in [0.15, 0.2) is 0 Å². The highest BCUT2D eigenvalue weighted by Gasteiger charge is 2.23. The number of carbonyl (C=O) groups is 1. The van der Waals surface area contributed by atoms with Gasteiger partial charge in [0.25, 0.3) is 10.9 Å². The summed E-state index contributed by atoms with van der Waals surface area (Å²) in [6.07, 6.45) is 0. The van der Waals surface area contributed by atoms with Crippen LogP contribution in [0, 0.1) is 5.92 Å². The molecule has 0 spiro atoms. The first-order valence-corrected chi connectivity index (χ1v) is 6.08. The molecule has 1 aromatic rings. The summed E-state index contributed by atoms with van der Waals surface area (Å²) in [6, 6.07) is 0. The molecule has 4 N–H and O–H groups in total. The number of anilines is 2. The zero-order chi connectivity index (χ0) is 13.2. The van der Waals surface area contributed by atoms with Gasteiger partial charge in [0.2, 0.25) is 0 Å². The zero-order valence-electron chi connectivity index (χ0n) is 9.52. The van der Waals surface area contributed by atoms with Crippen LogP contribution in [0.2, 0.25) is 0 Å². The van der Waals surface area contributed by atoms with Crippen molar-refractivity contribution < 1.29 is 9.90 Å². The van der Waals surface area contributed by atoms with Gasteiger partial charge < -0.3 is 16.2 Å². The number of nitrogens with one attached hydrogen (secondary N) is 1. The van der Waals surface area contributed by atoms with Crippen LogP contribution in [0.15, 0.2) is 9.59 Å². The topological polar surface area (TPSA) is 109 Å². The Hall–Kier alpha value is -1.50. The molecule has 0 aliphatic rings. The van der Waals surface area contributed by atoms with Gasteiger partial charge in [-0.1, -0.05) is 13.8 Å². The number of nitrogens with two attached hydrogens (primary N) is 1. The zero-order valence-corrected chi connectivity index (χ0v) is 10.3. The van der Waals surface area contributed by atoms with Crippen molar-refractivity contribution in [3.05, 3.63) is 20.4 Å². The maximum atomic E-state index is 11.2. The third kappa shape index (κ3) is 3.00. The maximum absolute atomic E-state index is 11.2. The minimum Gasteiger partial charge on any atom is -0.481 e. The number of thioether (sulfide) groups is 1. The highest BCUT2D eigenvalue weighted by molar-refractivity contribution is 8.00. The van der Waals surface area contributed by atoms with E-state index in [0.717, 1.165) is 11.8 Å². The lowest BCUT2D eigenvalue weighted by Crippen LogP contribution is -2.40. The smallest absolute Gasteiger partial charge is 0.313 e. The van der Waals surface area contributed by atoms with E-state index in [-0.39, 0.29) is 28.4 Å². The summed E-state index contributed by atoms with van der Waals surface area (Å²) in [5, 5.41) is 11.1. The van der Waals surface area contributed by atoms with Crippen LogP contribution in [-0.4, -0.2) is 22.2 Å². The largest absolute Gasteiger partial charge is 0.481 e. The maximum Gasteiger partial charge on any atom is 0.313 e. The van der Waals surface area contributed by atoms with E-state index in [4.69, 9.17) is 10.8 Å². The first kappa shape index (κ1) is 13.6. The monoisotopic (exact) mass is 258 g/mol. The molecule has 0 amide bonds. The second-order valence-corrected chi connectivity index (χ2v) is 5.09. The van der Waals surface area contributed by atoms with E-state index >= 15 is 0 Å². The van der Waals surface area contributed by atoms with Crippen molar-refractivity contribution in [1.82, 2.24) is 0 Å². The number of hydrogen-bond donors (Lipinski definition) is 3. The van der Waals surface area contributed by atoms with Crippen molar-refractivity contribution in [2.24, 2.45) is 5.92 Å². The Morgan fingerprint density at radius 1 is 1.41 bits per heavy atom. The van der Waals surface area contributed by atoms with Crippen LogP contribution in [0.3, 0.4) is 0 Å². The van der Waals surface area contributed by atoms with E-state index in [1.807, 2.05) is 13.8 Å². The van der Waals surface area contributed by atoms with Crippen LogP contribution in [0.25, 0.3) is 0 Å². The number of hydrogen-bond acceptors (Lipinski definition) is 6. The summed E-state index contributed by atoms with van der Waals surface area (Å²) in [4.78, 5) is 32.6. The lowest BCUT2D eigenvalue weighted by molar-refractivity contribution is -0.133. The molecule has 0 radical (unpaired) electrons. The molecule has 0 aliphatic heterocycles. The van der Waals surface area contributed by atoms with Gasteiger partial charge in [0, 0.05) is 0 Å². The molecule has 0 fully saturated rings. The lowest BCUT2D eigenvalue weighted by atomic mass is 10.1. The lowest BCUT2D eigenvalue weighted by Gasteiger charge is -2.23. The Morgan fingerprint density at radius 3 is 2.41 bits per heavy atom. The van der Waals surface area contributed by atoms with Gasteiger partial charge in [-0.15, -0.1) is 11.8 Å². The Balaban J connectivity index is 2.72. The van der Waals surface area contributed by atoms with Gasteiger partial charge in [-0.3, -0.25) is 14.4 Å². The molecule has 1 unspecified atom stereocenters. The molecular weight excluding hydrogens is 244 g/mol. The summed E-state index contributed by atoms with van der Waals surface area (Å²) < 4.78 is 0. The van der Waals surface area contributed by atoms with Gasteiger partial charge in [-0.2, -0.15) is 0 Å². The van der Waals surface area contributed by atoms with E-state index < -0.39 is 16.8 Å². The van der Waals surface area contributed by atoms with Gasteiger partial charge in [-0.25, -0.2) is 0 Å². The average molecular weight is 258 g/mol. The van der Waals surface area contributed by atoms with Crippen LogP contribution in [0.1, 0.15) is 13.8 Å².